The summed E-state index contributed by atoms with van der Waals surface area (Å²) in [5.74, 6) is 1.23. The maximum Gasteiger partial charge on any atom is 0.277 e. The van der Waals surface area contributed by atoms with E-state index in [9.17, 15) is 13.2 Å². The third-order valence-electron chi connectivity index (χ3n) is 5.93. The Morgan fingerprint density at radius 1 is 1.05 bits per heavy atom. The number of benzene rings is 2. The van der Waals surface area contributed by atoms with E-state index in [4.69, 9.17) is 27.9 Å². The molecule has 9 nitrogen and oxygen atoms in total. The van der Waals surface area contributed by atoms with Crippen LogP contribution in [-0.2, 0) is 16.4 Å². The van der Waals surface area contributed by atoms with Crippen LogP contribution in [0.25, 0.3) is 16.9 Å². The zero-order chi connectivity index (χ0) is 27.4. The number of anilines is 1. The summed E-state index contributed by atoms with van der Waals surface area (Å²) in [5, 5.41) is 5.25. The van der Waals surface area contributed by atoms with Gasteiger partial charge in [0.05, 0.1) is 28.4 Å². The van der Waals surface area contributed by atoms with Crippen LogP contribution in [0, 0.1) is 6.92 Å². The smallest absolute Gasteiger partial charge is 0.277 e. The summed E-state index contributed by atoms with van der Waals surface area (Å²) in [5.41, 5.74) is 1.11. The van der Waals surface area contributed by atoms with Crippen LogP contribution in [0.2, 0.25) is 10.0 Å². The fraction of sp³-hybridized carbons (Fsp3) is 0.346. The van der Waals surface area contributed by atoms with E-state index in [-0.39, 0.29) is 22.0 Å². The van der Waals surface area contributed by atoms with Gasteiger partial charge in [0.15, 0.2) is 11.3 Å². The van der Waals surface area contributed by atoms with Crippen molar-refractivity contribution in [2.24, 2.45) is 0 Å². The molecule has 0 spiro atoms. The third kappa shape index (κ3) is 6.14. The number of sulfonamides is 1. The largest absolute Gasteiger partial charge is 0.493 e. The number of aromatic amines is 1. The normalized spacial score (nSPS) is 11.7. The van der Waals surface area contributed by atoms with E-state index in [0.29, 0.717) is 51.4 Å². The van der Waals surface area contributed by atoms with Gasteiger partial charge in [-0.2, -0.15) is 0 Å². The van der Waals surface area contributed by atoms with Crippen LogP contribution in [0.3, 0.4) is 0 Å². The van der Waals surface area contributed by atoms with E-state index in [0.717, 1.165) is 25.7 Å². The molecule has 0 radical (unpaired) electrons. The number of ether oxygens (including phenoxy) is 1. The highest BCUT2D eigenvalue weighted by molar-refractivity contribution is 7.92. The average Bonchev–Trinajstić information content (AvgIpc) is 3.17. The highest BCUT2D eigenvalue weighted by Gasteiger charge is 2.21. The van der Waals surface area contributed by atoms with Gasteiger partial charge in [-0.3, -0.25) is 9.52 Å². The number of nitrogens with one attached hydrogen (secondary N) is 2. The number of fused-ring (bicyclic) bond motifs is 1. The van der Waals surface area contributed by atoms with Gasteiger partial charge in [-0.15, -0.1) is 5.10 Å². The topological polar surface area (TPSA) is 118 Å². The Kier molecular flexibility index (Phi) is 8.64. The lowest BCUT2D eigenvalue weighted by Crippen LogP contribution is -2.17. The number of hydrogen-bond donors (Lipinski definition) is 2. The van der Waals surface area contributed by atoms with Crippen LogP contribution >= 0.6 is 23.2 Å². The highest BCUT2D eigenvalue weighted by atomic mass is 35.5. The standard InChI is InChI=1S/C26H29Cl2N5O4S/c1-4-6-7-8-9-23-29-16(3)24-26(34)30-25(31-33(23)24)21-15-20(10-11-22(21)37-5-2)38(35,36)32-19-13-17(27)12-18(28)14-19/h10-15,32H,4-9H2,1-3H3,(H,30,31,34). The van der Waals surface area contributed by atoms with Crippen LogP contribution in [0.15, 0.2) is 46.1 Å². The van der Waals surface area contributed by atoms with Crippen molar-refractivity contribution in [1.82, 2.24) is 19.6 Å². The molecule has 0 fully saturated rings. The Morgan fingerprint density at radius 3 is 2.47 bits per heavy atom. The first kappa shape index (κ1) is 27.9. The molecule has 0 atom stereocenters. The summed E-state index contributed by atoms with van der Waals surface area (Å²) in [6.07, 6.45) is 4.88. The third-order valence-corrected chi connectivity index (χ3v) is 7.74. The van der Waals surface area contributed by atoms with Gasteiger partial charge in [-0.1, -0.05) is 49.4 Å². The van der Waals surface area contributed by atoms with Gasteiger partial charge in [-0.05, 0) is 56.7 Å². The first-order valence-corrected chi connectivity index (χ1v) is 14.6. The van der Waals surface area contributed by atoms with Gasteiger partial charge >= 0.3 is 0 Å². The molecular weight excluding hydrogens is 549 g/mol. The second-order valence-corrected chi connectivity index (χ2v) is 11.4. The molecule has 2 aromatic heterocycles. The van der Waals surface area contributed by atoms with Crippen LogP contribution in [0.4, 0.5) is 5.69 Å². The van der Waals surface area contributed by atoms with Crippen molar-refractivity contribution < 1.29 is 13.2 Å². The number of imidazole rings is 1. The van der Waals surface area contributed by atoms with Crippen molar-refractivity contribution in [2.75, 3.05) is 11.3 Å². The molecule has 202 valence electrons. The van der Waals surface area contributed by atoms with Gasteiger partial charge in [0, 0.05) is 16.5 Å². The number of rotatable bonds is 11. The maximum atomic E-state index is 13.2. The predicted octanol–water partition coefficient (Wildman–Crippen LogP) is 6.02. The number of aryl methyl sites for hydroxylation is 2. The molecular formula is C26H29Cl2N5O4S. The first-order chi connectivity index (χ1) is 18.1. The predicted molar refractivity (Wildman–Crippen MR) is 150 cm³/mol. The van der Waals surface area contributed by atoms with E-state index in [2.05, 4.69) is 26.7 Å². The van der Waals surface area contributed by atoms with Crippen molar-refractivity contribution in [3.8, 4) is 17.1 Å². The number of halogens is 2. The fourth-order valence-electron chi connectivity index (χ4n) is 4.20. The molecule has 0 saturated carbocycles. The second-order valence-electron chi connectivity index (χ2n) is 8.84. The molecule has 2 aromatic carbocycles. The molecule has 2 N–H and O–H groups in total. The monoisotopic (exact) mass is 577 g/mol. The van der Waals surface area contributed by atoms with Crippen LogP contribution < -0.4 is 15.0 Å². The van der Waals surface area contributed by atoms with E-state index in [1.54, 1.807) is 11.4 Å². The molecule has 0 bridgehead atoms. The number of H-pyrrole nitrogens is 1. The van der Waals surface area contributed by atoms with Crippen LogP contribution in [-0.4, -0.2) is 34.6 Å². The van der Waals surface area contributed by atoms with E-state index in [1.807, 2.05) is 6.92 Å². The van der Waals surface area contributed by atoms with Crippen molar-refractivity contribution in [3.63, 3.8) is 0 Å². The van der Waals surface area contributed by atoms with Gasteiger partial charge in [0.25, 0.3) is 15.6 Å². The highest BCUT2D eigenvalue weighted by Crippen LogP contribution is 2.32. The van der Waals surface area contributed by atoms with Crippen LogP contribution in [0.5, 0.6) is 5.75 Å². The Hall–Kier alpha value is -3.08. The van der Waals surface area contributed by atoms with Gasteiger partial charge in [0.2, 0.25) is 0 Å². The van der Waals surface area contributed by atoms with Crippen molar-refractivity contribution >= 4 is 44.4 Å². The molecule has 0 aliphatic heterocycles. The molecule has 0 unspecified atom stereocenters. The van der Waals surface area contributed by atoms with E-state index < -0.39 is 10.0 Å². The lowest BCUT2D eigenvalue weighted by atomic mass is 10.1. The van der Waals surface area contributed by atoms with E-state index >= 15 is 0 Å². The average molecular weight is 579 g/mol. The molecule has 4 rings (SSSR count). The summed E-state index contributed by atoms with van der Waals surface area (Å²) in [4.78, 5) is 20.4. The molecule has 2 heterocycles. The SMILES string of the molecule is CCCCCCc1nc(C)c2c(=O)[nH]c(-c3cc(S(=O)(=O)Nc4cc(Cl)cc(Cl)c4)ccc3OCC)nn12. The summed E-state index contributed by atoms with van der Waals surface area (Å²) >= 11 is 12.0. The maximum absolute atomic E-state index is 13.2. The minimum atomic E-state index is -4.05. The lowest BCUT2D eigenvalue weighted by Gasteiger charge is -2.14. The van der Waals surface area contributed by atoms with Crippen molar-refractivity contribution in [3.05, 3.63) is 68.3 Å². The van der Waals surface area contributed by atoms with E-state index in [1.165, 1.54) is 36.4 Å². The molecule has 4 aromatic rings. The van der Waals surface area contributed by atoms with Gasteiger partial charge < -0.3 is 9.72 Å². The summed E-state index contributed by atoms with van der Waals surface area (Å²) in [6.45, 7) is 6.06. The van der Waals surface area contributed by atoms with Crippen molar-refractivity contribution in [1.29, 1.82) is 0 Å². The van der Waals surface area contributed by atoms with Crippen molar-refractivity contribution in [2.45, 2.75) is 57.8 Å². The lowest BCUT2D eigenvalue weighted by molar-refractivity contribution is 0.341. The number of nitrogens with zero attached hydrogens (tertiary/aromatic N) is 3. The van der Waals surface area contributed by atoms with Gasteiger partial charge in [0.1, 0.15) is 11.6 Å². The molecule has 0 aliphatic carbocycles. The molecule has 0 saturated heterocycles. The quantitative estimate of drug-likeness (QED) is 0.210. The fourth-order valence-corrected chi connectivity index (χ4v) is 5.79. The second kappa shape index (κ2) is 11.8. The first-order valence-electron chi connectivity index (χ1n) is 12.4. The zero-order valence-corrected chi connectivity index (χ0v) is 23.7. The Bertz CT molecular complexity index is 1610. The number of aromatic nitrogens is 4. The van der Waals surface area contributed by atoms with Gasteiger partial charge in [-0.25, -0.2) is 17.9 Å². The Balaban J connectivity index is 1.79. The summed E-state index contributed by atoms with van der Waals surface area (Å²) in [6, 6.07) is 8.78. The molecule has 0 aliphatic rings. The molecule has 12 heteroatoms. The number of unbranched alkanes of at least 4 members (excludes halogenated alkanes) is 3. The Morgan fingerprint density at radius 2 is 1.79 bits per heavy atom. The van der Waals surface area contributed by atoms with Crippen LogP contribution in [0.1, 0.15) is 51.0 Å². The molecule has 0 amide bonds. The molecule has 38 heavy (non-hydrogen) atoms. The minimum absolute atomic E-state index is 0.0589. The zero-order valence-electron chi connectivity index (χ0n) is 21.3. The number of hydrogen-bond acceptors (Lipinski definition) is 6. The Labute approximate surface area is 231 Å². The summed E-state index contributed by atoms with van der Waals surface area (Å²) in [7, 11) is -4.05. The summed E-state index contributed by atoms with van der Waals surface area (Å²) < 4.78 is 36.3. The minimum Gasteiger partial charge on any atom is -0.493 e.